The van der Waals surface area contributed by atoms with Crippen LogP contribution in [-0.4, -0.2) is 24.5 Å². The summed E-state index contributed by atoms with van der Waals surface area (Å²) in [5.74, 6) is 0. The van der Waals surface area contributed by atoms with Gasteiger partial charge >= 0.3 is 0 Å². The van der Waals surface area contributed by atoms with Crippen molar-refractivity contribution in [2.45, 2.75) is 59.2 Å². The minimum Gasteiger partial charge on any atom is -0.312 e. The molecule has 0 aliphatic heterocycles. The average molecular weight is 268 g/mol. The second-order valence-corrected chi connectivity index (χ2v) is 6.18. The Morgan fingerprint density at radius 3 is 2.44 bits per heavy atom. The van der Waals surface area contributed by atoms with Gasteiger partial charge in [-0.3, -0.25) is 4.90 Å². The highest BCUT2D eigenvalue weighted by Crippen LogP contribution is 2.19. The Labute approximate surface area is 116 Å². The molecule has 0 bridgehead atoms. The van der Waals surface area contributed by atoms with Gasteiger partial charge in [-0.05, 0) is 45.0 Å². The lowest BCUT2D eigenvalue weighted by molar-refractivity contribution is 0.223. The lowest BCUT2D eigenvalue weighted by Gasteiger charge is -2.25. The quantitative estimate of drug-likeness (QED) is 0.684. The van der Waals surface area contributed by atoms with Crippen LogP contribution in [-0.2, 0) is 13.1 Å². The van der Waals surface area contributed by atoms with Gasteiger partial charge in [0.25, 0.3) is 0 Å². The molecule has 3 heteroatoms. The Morgan fingerprint density at radius 1 is 1.17 bits per heavy atom. The fraction of sp³-hybridized carbons (Fsp3) is 0.733. The summed E-state index contributed by atoms with van der Waals surface area (Å²) < 4.78 is 0. The summed E-state index contributed by atoms with van der Waals surface area (Å²) in [7, 11) is 2.24. The first-order chi connectivity index (χ1) is 8.71. The van der Waals surface area contributed by atoms with E-state index in [9.17, 15) is 0 Å². The fourth-order valence-corrected chi connectivity index (χ4v) is 3.33. The molecular weight excluding hydrogens is 240 g/mol. The summed E-state index contributed by atoms with van der Waals surface area (Å²) in [5, 5.41) is 3.46. The number of hydrogen-bond donors (Lipinski definition) is 1. The highest BCUT2D eigenvalue weighted by atomic mass is 32.1. The first-order valence-corrected chi connectivity index (χ1v) is 8.01. The molecule has 104 valence electrons. The average Bonchev–Trinajstić information content (AvgIpc) is 2.79. The van der Waals surface area contributed by atoms with Crippen molar-refractivity contribution in [3.63, 3.8) is 0 Å². The van der Waals surface area contributed by atoms with Crippen LogP contribution in [0.4, 0.5) is 0 Å². The molecule has 1 heterocycles. The summed E-state index contributed by atoms with van der Waals surface area (Å²) in [6.07, 6.45) is 3.68. The summed E-state index contributed by atoms with van der Waals surface area (Å²) in [6, 6.07) is 5.27. The highest BCUT2D eigenvalue weighted by molar-refractivity contribution is 7.11. The molecular formula is C15H28N2S. The molecule has 0 fully saturated rings. The first kappa shape index (κ1) is 15.7. The van der Waals surface area contributed by atoms with Gasteiger partial charge in [-0.15, -0.1) is 11.3 Å². The molecule has 18 heavy (non-hydrogen) atoms. The molecule has 0 amide bonds. The van der Waals surface area contributed by atoms with E-state index in [1.165, 1.54) is 29.0 Å². The van der Waals surface area contributed by atoms with E-state index >= 15 is 0 Å². The van der Waals surface area contributed by atoms with E-state index in [0.29, 0.717) is 6.04 Å². The lowest BCUT2D eigenvalue weighted by Crippen LogP contribution is -2.29. The van der Waals surface area contributed by atoms with Crippen LogP contribution in [0.2, 0.25) is 0 Å². The van der Waals surface area contributed by atoms with Crippen molar-refractivity contribution in [2.24, 2.45) is 0 Å². The minimum absolute atomic E-state index is 0.716. The fourth-order valence-electron chi connectivity index (χ4n) is 2.28. The molecule has 1 aromatic rings. The van der Waals surface area contributed by atoms with Crippen molar-refractivity contribution in [1.29, 1.82) is 0 Å². The van der Waals surface area contributed by atoms with E-state index < -0.39 is 0 Å². The highest BCUT2D eigenvalue weighted by Gasteiger charge is 2.11. The van der Waals surface area contributed by atoms with Crippen LogP contribution in [0.3, 0.4) is 0 Å². The van der Waals surface area contributed by atoms with Gasteiger partial charge in [0.05, 0.1) is 0 Å². The molecule has 0 spiro atoms. The predicted molar refractivity (Wildman–Crippen MR) is 82.2 cm³/mol. The molecule has 1 N–H and O–H groups in total. The topological polar surface area (TPSA) is 15.3 Å². The summed E-state index contributed by atoms with van der Waals surface area (Å²) >= 11 is 1.95. The van der Waals surface area contributed by atoms with Crippen molar-refractivity contribution < 1.29 is 0 Å². The minimum atomic E-state index is 0.716. The van der Waals surface area contributed by atoms with E-state index in [2.05, 4.69) is 50.2 Å². The summed E-state index contributed by atoms with van der Waals surface area (Å²) in [5.41, 5.74) is 0. The zero-order valence-electron chi connectivity index (χ0n) is 12.3. The maximum atomic E-state index is 3.46. The van der Waals surface area contributed by atoms with Crippen LogP contribution in [0, 0.1) is 0 Å². The molecule has 0 radical (unpaired) electrons. The van der Waals surface area contributed by atoms with Crippen LogP contribution in [0.1, 0.15) is 49.8 Å². The van der Waals surface area contributed by atoms with Crippen LogP contribution in [0.15, 0.2) is 12.1 Å². The molecule has 0 saturated heterocycles. The van der Waals surface area contributed by atoms with Gasteiger partial charge in [-0.2, -0.15) is 0 Å². The Morgan fingerprint density at radius 2 is 1.83 bits per heavy atom. The standard InChI is InChI=1S/C15H28N2S/c1-5-10-16-11-14-8-9-15(18-14)12-17(4)13(6-2)7-3/h8-9,13,16H,5-7,10-12H2,1-4H3. The number of thiophene rings is 1. The third-order valence-electron chi connectivity index (χ3n) is 3.41. The normalized spacial score (nSPS) is 11.7. The molecule has 0 aliphatic carbocycles. The number of nitrogens with one attached hydrogen (secondary N) is 1. The molecule has 0 aromatic carbocycles. The second-order valence-electron chi connectivity index (χ2n) is 4.93. The molecule has 0 atom stereocenters. The van der Waals surface area contributed by atoms with Crippen molar-refractivity contribution >= 4 is 11.3 Å². The zero-order chi connectivity index (χ0) is 13.4. The van der Waals surface area contributed by atoms with Crippen molar-refractivity contribution in [3.8, 4) is 0 Å². The number of rotatable bonds is 9. The van der Waals surface area contributed by atoms with Gasteiger partial charge in [0.1, 0.15) is 0 Å². The molecule has 0 saturated carbocycles. The zero-order valence-corrected chi connectivity index (χ0v) is 13.1. The van der Waals surface area contributed by atoms with Gasteiger partial charge in [-0.1, -0.05) is 20.8 Å². The molecule has 1 aromatic heterocycles. The monoisotopic (exact) mass is 268 g/mol. The second kappa shape index (κ2) is 8.68. The van der Waals surface area contributed by atoms with E-state index in [1.54, 1.807) is 0 Å². The van der Waals surface area contributed by atoms with Crippen molar-refractivity contribution in [2.75, 3.05) is 13.6 Å². The summed E-state index contributed by atoms with van der Waals surface area (Å²) in [4.78, 5) is 5.42. The number of hydrogen-bond acceptors (Lipinski definition) is 3. The third-order valence-corrected chi connectivity index (χ3v) is 4.48. The van der Waals surface area contributed by atoms with Crippen LogP contribution < -0.4 is 5.32 Å². The Bertz CT molecular complexity index is 318. The van der Waals surface area contributed by atoms with Gasteiger partial charge in [0.15, 0.2) is 0 Å². The van der Waals surface area contributed by atoms with Gasteiger partial charge < -0.3 is 5.32 Å². The van der Waals surface area contributed by atoms with E-state index in [-0.39, 0.29) is 0 Å². The SMILES string of the molecule is CCCNCc1ccc(CN(C)C(CC)CC)s1. The van der Waals surface area contributed by atoms with Crippen molar-refractivity contribution in [1.82, 2.24) is 10.2 Å². The van der Waals surface area contributed by atoms with E-state index in [1.807, 2.05) is 11.3 Å². The smallest absolute Gasteiger partial charge is 0.0327 e. The molecule has 0 aliphatic rings. The Hall–Kier alpha value is -0.380. The van der Waals surface area contributed by atoms with E-state index in [4.69, 9.17) is 0 Å². The lowest BCUT2D eigenvalue weighted by atomic mass is 10.1. The largest absolute Gasteiger partial charge is 0.312 e. The maximum Gasteiger partial charge on any atom is 0.0327 e. The van der Waals surface area contributed by atoms with Gasteiger partial charge in [0.2, 0.25) is 0 Å². The van der Waals surface area contributed by atoms with Crippen LogP contribution in [0.25, 0.3) is 0 Å². The summed E-state index contributed by atoms with van der Waals surface area (Å²) in [6.45, 7) is 9.98. The third kappa shape index (κ3) is 5.09. The number of nitrogens with zero attached hydrogens (tertiary/aromatic N) is 1. The van der Waals surface area contributed by atoms with Gasteiger partial charge in [-0.25, -0.2) is 0 Å². The van der Waals surface area contributed by atoms with Gasteiger partial charge in [0, 0.05) is 28.9 Å². The van der Waals surface area contributed by atoms with Crippen molar-refractivity contribution in [3.05, 3.63) is 21.9 Å². The molecule has 1 rings (SSSR count). The Balaban J connectivity index is 2.42. The molecule has 2 nitrogen and oxygen atoms in total. The van der Waals surface area contributed by atoms with E-state index in [0.717, 1.165) is 19.6 Å². The maximum absolute atomic E-state index is 3.46. The van der Waals surface area contributed by atoms with Crippen LogP contribution in [0.5, 0.6) is 0 Å². The molecule has 0 unspecified atom stereocenters. The van der Waals surface area contributed by atoms with Crippen LogP contribution >= 0.6 is 11.3 Å². The predicted octanol–water partition coefficient (Wildman–Crippen LogP) is 3.87. The Kier molecular flexibility index (Phi) is 7.56. The first-order valence-electron chi connectivity index (χ1n) is 7.19.